The maximum absolute atomic E-state index is 13.0. The molecule has 0 unspecified atom stereocenters. The second-order valence-electron chi connectivity index (χ2n) is 5.62. The summed E-state index contributed by atoms with van der Waals surface area (Å²) in [5.41, 5.74) is 2.38. The first-order valence-corrected chi connectivity index (χ1v) is 8.11. The summed E-state index contributed by atoms with van der Waals surface area (Å²) in [6, 6.07) is 15.6. The van der Waals surface area contributed by atoms with E-state index in [2.05, 4.69) is 20.4 Å². The van der Waals surface area contributed by atoms with E-state index >= 15 is 0 Å². The van der Waals surface area contributed by atoms with E-state index in [1.807, 2.05) is 30.3 Å². The molecule has 0 aliphatic heterocycles. The van der Waals surface area contributed by atoms with Gasteiger partial charge in [-0.3, -0.25) is 0 Å². The summed E-state index contributed by atoms with van der Waals surface area (Å²) in [5, 5.41) is 7.00. The minimum Gasteiger partial charge on any atom is -0.444 e. The van der Waals surface area contributed by atoms with Crippen LogP contribution in [-0.2, 0) is 6.42 Å². The molecular formula is C19H15FN4O2. The Balaban J connectivity index is 1.34. The van der Waals surface area contributed by atoms with Crippen LogP contribution in [0.2, 0.25) is 0 Å². The Bertz CT molecular complexity index is 980. The van der Waals surface area contributed by atoms with Crippen LogP contribution < -0.4 is 5.32 Å². The molecule has 130 valence electrons. The number of hydrogen-bond donors (Lipinski definition) is 1. The van der Waals surface area contributed by atoms with Gasteiger partial charge in [-0.15, -0.1) is 0 Å². The highest BCUT2D eigenvalue weighted by atomic mass is 19.1. The van der Waals surface area contributed by atoms with E-state index in [4.69, 9.17) is 8.94 Å². The zero-order valence-electron chi connectivity index (χ0n) is 13.7. The molecule has 6 nitrogen and oxygen atoms in total. The van der Waals surface area contributed by atoms with Gasteiger partial charge in [0, 0.05) is 24.1 Å². The van der Waals surface area contributed by atoms with E-state index in [0.29, 0.717) is 30.7 Å². The molecule has 0 spiro atoms. The third-order valence-corrected chi connectivity index (χ3v) is 3.75. The molecule has 4 aromatic rings. The lowest BCUT2D eigenvalue weighted by molar-refractivity contribution is 0.432. The number of nitrogens with one attached hydrogen (secondary N) is 1. The fourth-order valence-electron chi connectivity index (χ4n) is 2.44. The van der Waals surface area contributed by atoms with Crippen LogP contribution in [0, 0.1) is 5.82 Å². The number of hydrogen-bond acceptors (Lipinski definition) is 6. The first-order valence-electron chi connectivity index (χ1n) is 8.11. The summed E-state index contributed by atoms with van der Waals surface area (Å²) >= 11 is 0. The highest BCUT2D eigenvalue weighted by Crippen LogP contribution is 2.20. The lowest BCUT2D eigenvalue weighted by atomic mass is 10.2. The molecule has 0 radical (unpaired) electrons. The van der Waals surface area contributed by atoms with Crippen LogP contribution in [0.5, 0.6) is 0 Å². The van der Waals surface area contributed by atoms with Gasteiger partial charge in [0.25, 0.3) is 11.8 Å². The van der Waals surface area contributed by atoms with Crippen molar-refractivity contribution in [2.45, 2.75) is 6.42 Å². The quantitative estimate of drug-likeness (QED) is 0.562. The summed E-state index contributed by atoms with van der Waals surface area (Å²) in [6.45, 7) is 0.573. The SMILES string of the molecule is Fc1ccc(-c2nc(CCNc3noc(-c4ccccc4)n3)co2)cc1. The molecule has 0 saturated carbocycles. The van der Waals surface area contributed by atoms with Crippen LogP contribution in [0.25, 0.3) is 22.9 Å². The maximum atomic E-state index is 13.0. The molecule has 0 aliphatic rings. The van der Waals surface area contributed by atoms with Gasteiger partial charge < -0.3 is 14.3 Å². The van der Waals surface area contributed by atoms with Crippen LogP contribution in [0.1, 0.15) is 5.69 Å². The van der Waals surface area contributed by atoms with Gasteiger partial charge in [0.2, 0.25) is 5.89 Å². The highest BCUT2D eigenvalue weighted by Gasteiger charge is 2.09. The summed E-state index contributed by atoms with van der Waals surface area (Å²) in [5.74, 6) is 1.06. The van der Waals surface area contributed by atoms with Crippen LogP contribution in [0.4, 0.5) is 10.3 Å². The van der Waals surface area contributed by atoms with Crippen molar-refractivity contribution in [3.63, 3.8) is 0 Å². The number of oxazole rings is 1. The van der Waals surface area contributed by atoms with Crippen molar-refractivity contribution in [2.75, 3.05) is 11.9 Å². The Morgan fingerprint density at radius 3 is 2.46 bits per heavy atom. The lowest BCUT2D eigenvalue weighted by Gasteiger charge is -1.97. The van der Waals surface area contributed by atoms with E-state index in [0.717, 1.165) is 16.8 Å². The van der Waals surface area contributed by atoms with Crippen molar-refractivity contribution in [1.29, 1.82) is 0 Å². The molecule has 26 heavy (non-hydrogen) atoms. The third-order valence-electron chi connectivity index (χ3n) is 3.75. The second-order valence-corrected chi connectivity index (χ2v) is 5.62. The minimum absolute atomic E-state index is 0.292. The van der Waals surface area contributed by atoms with Gasteiger partial charge in [0.05, 0.1) is 5.69 Å². The normalized spacial score (nSPS) is 10.8. The van der Waals surface area contributed by atoms with Crippen LogP contribution in [-0.4, -0.2) is 21.7 Å². The van der Waals surface area contributed by atoms with Crippen molar-refractivity contribution >= 4 is 5.95 Å². The molecule has 0 saturated heterocycles. The van der Waals surface area contributed by atoms with Crippen LogP contribution in [0.3, 0.4) is 0 Å². The molecule has 0 bridgehead atoms. The Morgan fingerprint density at radius 1 is 0.885 bits per heavy atom. The van der Waals surface area contributed by atoms with Crippen molar-refractivity contribution in [3.8, 4) is 22.9 Å². The molecule has 4 rings (SSSR count). The molecule has 1 N–H and O–H groups in total. The smallest absolute Gasteiger partial charge is 0.263 e. The van der Waals surface area contributed by atoms with Gasteiger partial charge in [-0.1, -0.05) is 18.2 Å². The van der Waals surface area contributed by atoms with Crippen molar-refractivity contribution in [1.82, 2.24) is 15.1 Å². The predicted molar refractivity (Wildman–Crippen MR) is 93.8 cm³/mol. The Hall–Kier alpha value is -3.48. The Morgan fingerprint density at radius 2 is 1.65 bits per heavy atom. The second kappa shape index (κ2) is 7.18. The largest absolute Gasteiger partial charge is 0.444 e. The van der Waals surface area contributed by atoms with Gasteiger partial charge in [-0.05, 0) is 41.6 Å². The molecule has 7 heteroatoms. The first kappa shape index (κ1) is 16.0. The van der Waals surface area contributed by atoms with E-state index in [-0.39, 0.29) is 5.82 Å². The number of halogens is 1. The van der Waals surface area contributed by atoms with Gasteiger partial charge >= 0.3 is 0 Å². The highest BCUT2D eigenvalue weighted by molar-refractivity contribution is 5.54. The molecule has 2 heterocycles. The lowest BCUT2D eigenvalue weighted by Crippen LogP contribution is -2.06. The van der Waals surface area contributed by atoms with Crippen LogP contribution >= 0.6 is 0 Å². The summed E-state index contributed by atoms with van der Waals surface area (Å²) in [7, 11) is 0. The average molecular weight is 350 g/mol. The number of aromatic nitrogens is 3. The standard InChI is InChI=1S/C19H15FN4O2/c20-15-8-6-14(7-9-15)17-22-16(12-25-17)10-11-21-19-23-18(26-24-19)13-4-2-1-3-5-13/h1-9,12H,10-11H2,(H,21,24). The molecule has 0 atom stereocenters. The summed E-state index contributed by atoms with van der Waals surface area (Å²) < 4.78 is 23.6. The van der Waals surface area contributed by atoms with E-state index in [9.17, 15) is 4.39 Å². The molecular weight excluding hydrogens is 335 g/mol. The van der Waals surface area contributed by atoms with E-state index in [1.54, 1.807) is 18.4 Å². The number of anilines is 1. The number of rotatable bonds is 6. The molecule has 2 aromatic heterocycles. The van der Waals surface area contributed by atoms with Crippen molar-refractivity contribution < 1.29 is 13.3 Å². The molecule has 0 aliphatic carbocycles. The fraction of sp³-hybridized carbons (Fsp3) is 0.105. The predicted octanol–water partition coefficient (Wildman–Crippen LogP) is 4.19. The van der Waals surface area contributed by atoms with Gasteiger partial charge in [-0.2, -0.15) is 4.98 Å². The maximum Gasteiger partial charge on any atom is 0.263 e. The van der Waals surface area contributed by atoms with Crippen molar-refractivity contribution in [2.24, 2.45) is 0 Å². The van der Waals surface area contributed by atoms with Crippen molar-refractivity contribution in [3.05, 3.63) is 72.4 Å². The zero-order chi connectivity index (χ0) is 17.8. The molecule has 2 aromatic carbocycles. The van der Waals surface area contributed by atoms with Gasteiger partial charge in [0.15, 0.2) is 0 Å². The fourth-order valence-corrected chi connectivity index (χ4v) is 2.44. The zero-order valence-corrected chi connectivity index (χ0v) is 13.7. The van der Waals surface area contributed by atoms with Crippen LogP contribution in [0.15, 0.2) is 69.8 Å². The topological polar surface area (TPSA) is 77.0 Å². The number of nitrogens with zero attached hydrogens (tertiary/aromatic N) is 3. The Kier molecular flexibility index (Phi) is 4.42. The molecule has 0 amide bonds. The number of benzene rings is 2. The monoisotopic (exact) mass is 350 g/mol. The first-order chi connectivity index (χ1) is 12.8. The van der Waals surface area contributed by atoms with Gasteiger partial charge in [-0.25, -0.2) is 9.37 Å². The van der Waals surface area contributed by atoms with E-state index < -0.39 is 0 Å². The summed E-state index contributed by atoms with van der Waals surface area (Å²) in [4.78, 5) is 8.71. The average Bonchev–Trinajstić information content (AvgIpc) is 3.33. The summed E-state index contributed by atoms with van der Waals surface area (Å²) in [6.07, 6.45) is 2.21. The minimum atomic E-state index is -0.292. The third kappa shape index (κ3) is 3.61. The van der Waals surface area contributed by atoms with Gasteiger partial charge in [0.1, 0.15) is 12.1 Å². The Labute approximate surface area is 148 Å². The van der Waals surface area contributed by atoms with E-state index in [1.165, 1.54) is 12.1 Å². The molecule has 0 fully saturated rings.